The van der Waals surface area contributed by atoms with Gasteiger partial charge >= 0.3 is 0 Å². The van der Waals surface area contributed by atoms with Gasteiger partial charge in [0.1, 0.15) is 0 Å². The van der Waals surface area contributed by atoms with Crippen LogP contribution in [-0.4, -0.2) is 26.1 Å². The first-order valence-corrected chi connectivity index (χ1v) is 11.9. The molecule has 0 unspecified atom stereocenters. The van der Waals surface area contributed by atoms with Gasteiger partial charge in [-0.2, -0.15) is 0 Å². The molecule has 1 atom stereocenters. The van der Waals surface area contributed by atoms with Crippen LogP contribution < -0.4 is 10.4 Å². The number of hydrogen-bond donors (Lipinski definition) is 1. The number of aliphatic hydroxyl groups excluding tert-OH is 1. The summed E-state index contributed by atoms with van der Waals surface area (Å²) in [5.74, 6) is 0. The minimum absolute atomic E-state index is 0.00281. The fourth-order valence-corrected chi connectivity index (χ4v) is 8.37. The lowest BCUT2D eigenvalue weighted by Crippen LogP contribution is -2.66. The van der Waals surface area contributed by atoms with Crippen molar-refractivity contribution in [3.05, 3.63) is 73.3 Å². The molecular weight excluding hydrogens is 348 g/mol. The smallest absolute Gasteiger partial charge is 0.261 e. The van der Waals surface area contributed by atoms with E-state index in [9.17, 15) is 5.11 Å². The molecule has 3 heteroatoms. The predicted octanol–water partition coefficient (Wildman–Crippen LogP) is 4.67. The number of benzene rings is 2. The monoisotopic (exact) mass is 382 g/mol. The van der Waals surface area contributed by atoms with Gasteiger partial charge in [0.15, 0.2) is 0 Å². The highest BCUT2D eigenvalue weighted by molar-refractivity contribution is 6.99. The zero-order chi connectivity index (χ0) is 19.8. The number of hydrogen-bond acceptors (Lipinski definition) is 2. The van der Waals surface area contributed by atoms with Crippen LogP contribution in [0.2, 0.25) is 5.04 Å². The van der Waals surface area contributed by atoms with E-state index in [1.165, 1.54) is 10.4 Å². The lowest BCUT2D eigenvalue weighted by atomic mass is 10.1. The molecule has 2 nitrogen and oxygen atoms in total. The Morgan fingerprint density at radius 3 is 1.93 bits per heavy atom. The Kier molecular flexibility index (Phi) is 8.02. The van der Waals surface area contributed by atoms with E-state index in [0.717, 1.165) is 25.7 Å². The van der Waals surface area contributed by atoms with E-state index >= 15 is 0 Å². The van der Waals surface area contributed by atoms with Gasteiger partial charge in [-0.15, -0.1) is 6.58 Å². The maximum absolute atomic E-state index is 10.1. The van der Waals surface area contributed by atoms with Crippen molar-refractivity contribution < 1.29 is 9.53 Å². The predicted molar refractivity (Wildman–Crippen MR) is 118 cm³/mol. The van der Waals surface area contributed by atoms with E-state index in [4.69, 9.17) is 4.43 Å². The largest absolute Gasteiger partial charge is 0.407 e. The summed E-state index contributed by atoms with van der Waals surface area (Å²) in [5.41, 5.74) is 0. The third-order valence-electron chi connectivity index (χ3n) is 5.12. The molecule has 0 saturated carbocycles. The summed E-state index contributed by atoms with van der Waals surface area (Å²) in [5, 5.41) is 12.7. The highest BCUT2D eigenvalue weighted by Gasteiger charge is 2.49. The minimum Gasteiger partial charge on any atom is -0.407 e. The summed E-state index contributed by atoms with van der Waals surface area (Å²) >= 11 is 0. The molecule has 0 bridgehead atoms. The van der Waals surface area contributed by atoms with Gasteiger partial charge in [0.25, 0.3) is 8.32 Å². The molecule has 0 amide bonds. The van der Waals surface area contributed by atoms with Crippen LogP contribution in [0.5, 0.6) is 0 Å². The molecule has 0 aliphatic carbocycles. The van der Waals surface area contributed by atoms with Gasteiger partial charge in [-0.05, 0) is 41.1 Å². The van der Waals surface area contributed by atoms with E-state index < -0.39 is 8.32 Å². The highest BCUT2D eigenvalue weighted by atomic mass is 28.4. The van der Waals surface area contributed by atoms with Crippen molar-refractivity contribution in [2.45, 2.75) is 57.6 Å². The molecule has 0 fully saturated rings. The van der Waals surface area contributed by atoms with Crippen molar-refractivity contribution in [1.29, 1.82) is 0 Å². The topological polar surface area (TPSA) is 29.5 Å². The lowest BCUT2D eigenvalue weighted by Gasteiger charge is -2.43. The molecule has 0 aliphatic heterocycles. The van der Waals surface area contributed by atoms with Crippen molar-refractivity contribution in [1.82, 2.24) is 0 Å². The average molecular weight is 383 g/mol. The molecule has 0 radical (unpaired) electrons. The summed E-state index contributed by atoms with van der Waals surface area (Å²) in [6, 6.07) is 21.4. The van der Waals surface area contributed by atoms with Crippen LogP contribution in [0.1, 0.15) is 46.5 Å². The molecule has 2 rings (SSSR count). The van der Waals surface area contributed by atoms with Crippen molar-refractivity contribution in [2.24, 2.45) is 0 Å². The molecule has 0 saturated heterocycles. The summed E-state index contributed by atoms with van der Waals surface area (Å²) in [7, 11) is -2.44. The Morgan fingerprint density at radius 1 is 0.963 bits per heavy atom. The van der Waals surface area contributed by atoms with E-state index in [1.54, 1.807) is 0 Å². The molecule has 146 valence electrons. The number of allylic oxidation sites excluding steroid dienone is 1. The second-order valence-corrected chi connectivity index (χ2v) is 12.5. The lowest BCUT2D eigenvalue weighted by molar-refractivity contribution is 0.143. The van der Waals surface area contributed by atoms with Crippen LogP contribution in [0, 0.1) is 0 Å². The first-order chi connectivity index (χ1) is 12.9. The van der Waals surface area contributed by atoms with Crippen LogP contribution in [0.15, 0.2) is 73.3 Å². The van der Waals surface area contributed by atoms with Crippen LogP contribution in [0.25, 0.3) is 0 Å². The number of aliphatic hydroxyl groups is 1. The van der Waals surface area contributed by atoms with Crippen LogP contribution in [0.4, 0.5) is 0 Å². The van der Waals surface area contributed by atoms with Gasteiger partial charge in [0.05, 0.1) is 6.10 Å². The highest BCUT2D eigenvalue weighted by Crippen LogP contribution is 2.36. The van der Waals surface area contributed by atoms with Gasteiger partial charge in [-0.25, -0.2) is 0 Å². The van der Waals surface area contributed by atoms with Gasteiger partial charge in [0.2, 0.25) is 0 Å². The summed E-state index contributed by atoms with van der Waals surface area (Å²) < 4.78 is 6.83. The Hall–Kier alpha value is -1.68. The normalized spacial score (nSPS) is 13.3. The minimum atomic E-state index is -2.44. The van der Waals surface area contributed by atoms with Crippen molar-refractivity contribution in [3.63, 3.8) is 0 Å². The molecular formula is C24H34O2Si. The van der Waals surface area contributed by atoms with E-state index in [1.807, 2.05) is 6.08 Å². The van der Waals surface area contributed by atoms with E-state index in [0.29, 0.717) is 6.61 Å². The molecule has 0 heterocycles. The van der Waals surface area contributed by atoms with Crippen molar-refractivity contribution in [2.75, 3.05) is 6.61 Å². The van der Waals surface area contributed by atoms with Crippen LogP contribution in [-0.2, 0) is 4.43 Å². The SMILES string of the molecule is C=CCC[C@@H](O)CCCO[Si](c1ccccc1)(c1ccccc1)C(C)(C)C. The van der Waals surface area contributed by atoms with Crippen molar-refractivity contribution in [3.8, 4) is 0 Å². The standard InChI is InChI=1S/C24H34O2Si/c1-5-6-14-21(25)15-13-20-26-27(24(2,3)4,22-16-9-7-10-17-22)23-18-11-8-12-19-23/h5,7-12,16-19,21,25H,1,6,13-15,20H2,2-4H3/t21-/m1/s1. The molecule has 0 aliphatic rings. The molecule has 2 aromatic carbocycles. The zero-order valence-corrected chi connectivity index (χ0v) is 18.0. The van der Waals surface area contributed by atoms with E-state index in [2.05, 4.69) is 88.0 Å². The van der Waals surface area contributed by atoms with Crippen LogP contribution in [0.3, 0.4) is 0 Å². The molecule has 0 aromatic heterocycles. The fraction of sp³-hybridized carbons (Fsp3) is 0.417. The van der Waals surface area contributed by atoms with Gasteiger partial charge in [-0.3, -0.25) is 0 Å². The van der Waals surface area contributed by atoms with E-state index in [-0.39, 0.29) is 11.1 Å². The fourth-order valence-electron chi connectivity index (χ4n) is 3.76. The molecule has 1 N–H and O–H groups in total. The first-order valence-electron chi connectivity index (χ1n) is 9.96. The summed E-state index contributed by atoms with van der Waals surface area (Å²) in [4.78, 5) is 0. The maximum Gasteiger partial charge on any atom is 0.261 e. The van der Waals surface area contributed by atoms with Gasteiger partial charge < -0.3 is 9.53 Å². The molecule has 2 aromatic rings. The summed E-state index contributed by atoms with van der Waals surface area (Å²) in [6.07, 6.45) is 4.86. The Morgan fingerprint density at radius 2 is 1.48 bits per heavy atom. The zero-order valence-electron chi connectivity index (χ0n) is 17.0. The van der Waals surface area contributed by atoms with Crippen LogP contribution >= 0.6 is 0 Å². The van der Waals surface area contributed by atoms with Crippen molar-refractivity contribution >= 4 is 18.7 Å². The second kappa shape index (κ2) is 10.0. The number of rotatable bonds is 10. The Balaban J connectivity index is 2.26. The quantitative estimate of drug-likeness (QED) is 0.367. The Labute approximate surface area is 166 Å². The average Bonchev–Trinajstić information content (AvgIpc) is 2.67. The Bertz CT molecular complexity index is 637. The van der Waals surface area contributed by atoms with Gasteiger partial charge in [-0.1, -0.05) is 87.5 Å². The third-order valence-corrected chi connectivity index (χ3v) is 10.2. The molecule has 27 heavy (non-hydrogen) atoms. The third kappa shape index (κ3) is 5.41. The van der Waals surface area contributed by atoms with Gasteiger partial charge in [0, 0.05) is 6.61 Å². The summed E-state index contributed by atoms with van der Waals surface area (Å²) in [6.45, 7) is 11.3. The first kappa shape index (κ1) is 21.6. The second-order valence-electron chi connectivity index (χ2n) is 8.17. The maximum atomic E-state index is 10.1. The molecule has 0 spiro atoms.